The third kappa shape index (κ3) is 2.80. The van der Waals surface area contributed by atoms with Crippen LogP contribution in [0.5, 0.6) is 11.5 Å². The maximum atomic E-state index is 8.93. The number of rotatable bonds is 4. The van der Waals surface area contributed by atoms with Crippen molar-refractivity contribution in [3.8, 4) is 11.5 Å². The van der Waals surface area contributed by atoms with E-state index in [-0.39, 0.29) is 12.4 Å². The van der Waals surface area contributed by atoms with E-state index in [1.807, 2.05) is 0 Å². The summed E-state index contributed by atoms with van der Waals surface area (Å²) in [6.45, 7) is 0.638. The number of hydrogen-bond acceptors (Lipinski definition) is 3. The predicted octanol–water partition coefficient (Wildman–Crippen LogP) is 1.15. The van der Waals surface area contributed by atoms with Crippen LogP contribution in [0.1, 0.15) is 6.42 Å². The van der Waals surface area contributed by atoms with E-state index in [0.29, 0.717) is 18.8 Å². The molecule has 0 amide bonds. The van der Waals surface area contributed by atoms with Gasteiger partial charge in [-0.25, -0.2) is 0 Å². The minimum Gasteiger partial charge on any atom is -0.508 e. The highest BCUT2D eigenvalue weighted by molar-refractivity contribution is 5.29. The lowest BCUT2D eigenvalue weighted by molar-refractivity contribution is 0.233. The molecule has 0 unspecified atom stereocenters. The Hall–Kier alpha value is -1.22. The molecular formula is C9H12O3. The first-order valence-corrected chi connectivity index (χ1v) is 3.85. The van der Waals surface area contributed by atoms with E-state index < -0.39 is 0 Å². The first kappa shape index (κ1) is 8.87. The number of aliphatic hydroxyl groups excluding tert-OH is 1. The van der Waals surface area contributed by atoms with E-state index in [0.717, 1.165) is 0 Å². The Morgan fingerprint density at radius 1 is 1.17 bits per heavy atom. The summed E-state index contributed by atoms with van der Waals surface area (Å²) >= 11 is 0. The van der Waals surface area contributed by atoms with Crippen LogP contribution in [0.15, 0.2) is 24.3 Å². The van der Waals surface area contributed by atoms with Gasteiger partial charge >= 0.3 is 0 Å². The fourth-order valence-corrected chi connectivity index (χ4v) is 0.797. The molecule has 0 heterocycles. The van der Waals surface area contributed by atoms with Gasteiger partial charge in [-0.15, -0.1) is 0 Å². The topological polar surface area (TPSA) is 49.7 Å². The molecule has 0 fully saturated rings. The summed E-state index contributed by atoms with van der Waals surface area (Å²) in [6.07, 6.45) is 0.626. The zero-order valence-electron chi connectivity index (χ0n) is 6.73. The van der Waals surface area contributed by atoms with Gasteiger partial charge in [-0.3, -0.25) is 0 Å². The Kier molecular flexibility index (Phi) is 3.41. The molecule has 0 bridgehead atoms. The summed E-state index contributed by atoms with van der Waals surface area (Å²) in [5, 5.41) is 17.4. The first-order chi connectivity index (χ1) is 5.83. The van der Waals surface area contributed by atoms with Gasteiger partial charge in [0.2, 0.25) is 0 Å². The van der Waals surface area contributed by atoms with Crippen molar-refractivity contribution in [2.75, 3.05) is 13.2 Å². The Balaban J connectivity index is 2.37. The molecule has 12 heavy (non-hydrogen) atoms. The fourth-order valence-electron chi connectivity index (χ4n) is 0.797. The molecule has 0 saturated carbocycles. The Morgan fingerprint density at radius 2 is 1.83 bits per heavy atom. The third-order valence-electron chi connectivity index (χ3n) is 1.41. The normalized spacial score (nSPS) is 9.75. The van der Waals surface area contributed by atoms with Crippen LogP contribution in [-0.2, 0) is 0 Å². The van der Waals surface area contributed by atoms with Crippen molar-refractivity contribution in [3.05, 3.63) is 24.3 Å². The van der Waals surface area contributed by atoms with Gasteiger partial charge in [-0.1, -0.05) is 0 Å². The molecule has 3 heteroatoms. The highest BCUT2D eigenvalue weighted by Crippen LogP contribution is 2.15. The van der Waals surface area contributed by atoms with Gasteiger partial charge in [-0.05, 0) is 24.3 Å². The molecule has 66 valence electrons. The van der Waals surface area contributed by atoms with Crippen LogP contribution in [-0.4, -0.2) is 23.4 Å². The fraction of sp³-hybridized carbons (Fsp3) is 0.333. The molecule has 0 aliphatic rings. The molecule has 1 aromatic rings. The van der Waals surface area contributed by atoms with Crippen molar-refractivity contribution >= 4 is 0 Å². The van der Waals surface area contributed by atoms with E-state index >= 15 is 0 Å². The Labute approximate surface area is 71.2 Å². The van der Waals surface area contributed by atoms with Gasteiger partial charge in [0.1, 0.15) is 11.5 Å². The summed E-state index contributed by atoms with van der Waals surface area (Å²) in [5.41, 5.74) is 0. The summed E-state index contributed by atoms with van der Waals surface area (Å²) < 4.78 is 5.23. The zero-order valence-corrected chi connectivity index (χ0v) is 6.73. The number of benzene rings is 1. The zero-order chi connectivity index (χ0) is 8.81. The second kappa shape index (κ2) is 4.62. The van der Waals surface area contributed by atoms with Crippen LogP contribution in [0.4, 0.5) is 0 Å². The number of phenolic OH excluding ortho intramolecular Hbond substituents is 1. The van der Waals surface area contributed by atoms with Crippen LogP contribution in [0.2, 0.25) is 0 Å². The number of aliphatic hydroxyl groups is 1. The highest BCUT2D eigenvalue weighted by Gasteiger charge is 1.92. The van der Waals surface area contributed by atoms with Gasteiger partial charge in [0, 0.05) is 13.0 Å². The highest BCUT2D eigenvalue weighted by atomic mass is 16.5. The number of phenols is 1. The lowest BCUT2D eigenvalue weighted by Crippen LogP contribution is -1.99. The van der Waals surface area contributed by atoms with Gasteiger partial charge < -0.3 is 14.9 Å². The molecule has 0 aromatic heterocycles. The maximum Gasteiger partial charge on any atom is 0.119 e. The summed E-state index contributed by atoms with van der Waals surface area (Å²) in [4.78, 5) is 0. The molecule has 0 aliphatic heterocycles. The van der Waals surface area contributed by atoms with Gasteiger partial charge in [0.25, 0.3) is 0 Å². The Bertz CT molecular complexity index is 218. The molecule has 1 rings (SSSR count). The summed E-state index contributed by atoms with van der Waals surface area (Å²) in [7, 11) is 0. The minimum atomic E-state index is 0.137. The quantitative estimate of drug-likeness (QED) is 0.663. The molecule has 0 spiro atoms. The second-order valence-corrected chi connectivity index (χ2v) is 2.42. The van der Waals surface area contributed by atoms with E-state index in [2.05, 4.69) is 0 Å². The number of aromatic hydroxyl groups is 1. The summed E-state index contributed by atoms with van der Waals surface area (Å²) in [6, 6.07) is 6.50. The first-order valence-electron chi connectivity index (χ1n) is 3.85. The lowest BCUT2D eigenvalue weighted by atomic mass is 10.3. The number of ether oxygens (including phenoxy) is 1. The average molecular weight is 168 g/mol. The van der Waals surface area contributed by atoms with Crippen LogP contribution in [0.3, 0.4) is 0 Å². The lowest BCUT2D eigenvalue weighted by Gasteiger charge is -2.03. The molecule has 3 nitrogen and oxygen atoms in total. The van der Waals surface area contributed by atoms with Crippen LogP contribution in [0.25, 0.3) is 0 Å². The third-order valence-corrected chi connectivity index (χ3v) is 1.41. The van der Waals surface area contributed by atoms with Crippen molar-refractivity contribution < 1.29 is 14.9 Å². The van der Waals surface area contributed by atoms with Crippen molar-refractivity contribution in [2.24, 2.45) is 0 Å². The van der Waals surface area contributed by atoms with E-state index in [4.69, 9.17) is 14.9 Å². The maximum absolute atomic E-state index is 8.93. The molecule has 0 saturated heterocycles. The van der Waals surface area contributed by atoms with Crippen molar-refractivity contribution in [1.82, 2.24) is 0 Å². The summed E-state index contributed by atoms with van der Waals surface area (Å²) in [5.74, 6) is 0.936. The molecular weight excluding hydrogens is 156 g/mol. The molecule has 1 aromatic carbocycles. The van der Waals surface area contributed by atoms with Gasteiger partial charge in [0.15, 0.2) is 0 Å². The van der Waals surface area contributed by atoms with E-state index in [9.17, 15) is 0 Å². The second-order valence-electron chi connectivity index (χ2n) is 2.42. The molecule has 0 radical (unpaired) electrons. The van der Waals surface area contributed by atoms with Crippen molar-refractivity contribution in [1.29, 1.82) is 0 Å². The van der Waals surface area contributed by atoms with Crippen LogP contribution < -0.4 is 4.74 Å². The van der Waals surface area contributed by atoms with Crippen LogP contribution >= 0.6 is 0 Å². The smallest absolute Gasteiger partial charge is 0.119 e. The van der Waals surface area contributed by atoms with E-state index in [1.165, 1.54) is 0 Å². The Morgan fingerprint density at radius 3 is 2.42 bits per heavy atom. The minimum absolute atomic E-state index is 0.137. The van der Waals surface area contributed by atoms with Crippen molar-refractivity contribution in [2.45, 2.75) is 6.42 Å². The van der Waals surface area contributed by atoms with Gasteiger partial charge in [0.05, 0.1) is 6.61 Å². The molecule has 0 atom stereocenters. The van der Waals surface area contributed by atoms with Gasteiger partial charge in [-0.2, -0.15) is 0 Å². The monoisotopic (exact) mass is 168 g/mol. The van der Waals surface area contributed by atoms with Crippen LogP contribution in [0, 0.1) is 0 Å². The average Bonchev–Trinajstić information content (AvgIpc) is 2.09. The largest absolute Gasteiger partial charge is 0.508 e. The van der Waals surface area contributed by atoms with E-state index in [1.54, 1.807) is 24.3 Å². The SMILES string of the molecule is OCCCOc1ccc(O)cc1. The predicted molar refractivity (Wildman–Crippen MR) is 45.3 cm³/mol. The van der Waals surface area contributed by atoms with Crippen molar-refractivity contribution in [3.63, 3.8) is 0 Å². The standard InChI is InChI=1S/C9H12O3/c10-6-1-7-12-9-4-2-8(11)3-5-9/h2-5,10-11H,1,6-7H2. The molecule has 0 aliphatic carbocycles. The molecule has 2 N–H and O–H groups in total. The number of hydrogen-bond donors (Lipinski definition) is 2.